The van der Waals surface area contributed by atoms with Crippen molar-refractivity contribution in [2.75, 3.05) is 32.0 Å². The lowest BCUT2D eigenvalue weighted by Gasteiger charge is -2.17. The molecular formula is C13H20F3IN4. The summed E-state index contributed by atoms with van der Waals surface area (Å²) in [5, 5.41) is 2.90. The first-order chi connectivity index (χ1) is 9.37. The number of nitrogens with two attached hydrogens (primary N) is 1. The van der Waals surface area contributed by atoms with Gasteiger partial charge in [-0.05, 0) is 32.1 Å². The van der Waals surface area contributed by atoms with Crippen LogP contribution in [0.3, 0.4) is 0 Å². The van der Waals surface area contributed by atoms with Gasteiger partial charge in [-0.3, -0.25) is 9.89 Å². The van der Waals surface area contributed by atoms with Crippen molar-refractivity contribution in [2.24, 2.45) is 10.7 Å². The number of nitrogens with one attached hydrogen (secondary N) is 1. The molecule has 4 nitrogen and oxygen atoms in total. The molecule has 0 spiro atoms. The van der Waals surface area contributed by atoms with Crippen LogP contribution in [0.1, 0.15) is 6.42 Å². The maximum atomic E-state index is 12.1. The zero-order valence-electron chi connectivity index (χ0n) is 11.7. The van der Waals surface area contributed by atoms with E-state index >= 15 is 0 Å². The Hall–Kier alpha value is -1.03. The molecule has 0 radical (unpaired) electrons. The first kappa shape index (κ1) is 20.0. The fourth-order valence-corrected chi connectivity index (χ4v) is 1.63. The van der Waals surface area contributed by atoms with Crippen LogP contribution in [0.4, 0.5) is 18.9 Å². The topological polar surface area (TPSA) is 53.6 Å². The van der Waals surface area contributed by atoms with Crippen molar-refractivity contribution in [1.82, 2.24) is 4.90 Å². The molecule has 0 saturated carbocycles. The van der Waals surface area contributed by atoms with E-state index in [2.05, 4.69) is 10.3 Å². The molecule has 1 rings (SSSR count). The lowest BCUT2D eigenvalue weighted by atomic mass is 10.3. The van der Waals surface area contributed by atoms with Gasteiger partial charge in [-0.25, -0.2) is 0 Å². The van der Waals surface area contributed by atoms with Gasteiger partial charge in [0.1, 0.15) is 0 Å². The molecule has 3 N–H and O–H groups in total. The molecule has 0 aliphatic heterocycles. The Morgan fingerprint density at radius 1 is 1.29 bits per heavy atom. The lowest BCUT2D eigenvalue weighted by Crippen LogP contribution is -2.32. The number of hydrogen-bond acceptors (Lipinski definition) is 2. The SMILES string of the molecule is CN(CCCN=C(N)Nc1ccccc1)CC(F)(F)F.I. The van der Waals surface area contributed by atoms with E-state index in [0.717, 1.165) is 5.69 Å². The molecular weight excluding hydrogens is 396 g/mol. The minimum atomic E-state index is -4.16. The maximum Gasteiger partial charge on any atom is 0.401 e. The summed E-state index contributed by atoms with van der Waals surface area (Å²) >= 11 is 0. The molecule has 0 aliphatic carbocycles. The lowest BCUT2D eigenvalue weighted by molar-refractivity contribution is -0.143. The summed E-state index contributed by atoms with van der Waals surface area (Å²) < 4.78 is 36.3. The molecule has 21 heavy (non-hydrogen) atoms. The summed E-state index contributed by atoms with van der Waals surface area (Å²) in [6, 6.07) is 9.30. The molecule has 0 bridgehead atoms. The Kier molecular flexibility index (Phi) is 9.34. The van der Waals surface area contributed by atoms with Crippen LogP contribution in [-0.4, -0.2) is 43.7 Å². The molecule has 1 aromatic rings. The van der Waals surface area contributed by atoms with Gasteiger partial charge in [0, 0.05) is 12.2 Å². The molecule has 0 aromatic heterocycles. The van der Waals surface area contributed by atoms with Gasteiger partial charge in [0.05, 0.1) is 6.54 Å². The van der Waals surface area contributed by atoms with Gasteiger partial charge >= 0.3 is 6.18 Å². The fourth-order valence-electron chi connectivity index (χ4n) is 1.63. The van der Waals surface area contributed by atoms with Crippen molar-refractivity contribution in [3.05, 3.63) is 30.3 Å². The van der Waals surface area contributed by atoms with Gasteiger partial charge in [-0.2, -0.15) is 13.2 Å². The second-order valence-corrected chi connectivity index (χ2v) is 4.46. The van der Waals surface area contributed by atoms with Crippen molar-refractivity contribution < 1.29 is 13.2 Å². The Balaban J connectivity index is 0.00000400. The van der Waals surface area contributed by atoms with Gasteiger partial charge in [-0.1, -0.05) is 18.2 Å². The summed E-state index contributed by atoms with van der Waals surface area (Å²) in [6.45, 7) is -0.204. The van der Waals surface area contributed by atoms with Crippen LogP contribution in [0.2, 0.25) is 0 Å². The van der Waals surface area contributed by atoms with E-state index < -0.39 is 12.7 Å². The van der Waals surface area contributed by atoms with Crippen molar-refractivity contribution in [2.45, 2.75) is 12.6 Å². The van der Waals surface area contributed by atoms with Crippen LogP contribution in [-0.2, 0) is 0 Å². The summed E-state index contributed by atoms with van der Waals surface area (Å²) in [6.07, 6.45) is -3.64. The molecule has 8 heteroatoms. The monoisotopic (exact) mass is 416 g/mol. The van der Waals surface area contributed by atoms with Crippen molar-refractivity contribution in [3.8, 4) is 0 Å². The molecule has 120 valence electrons. The third-order valence-corrected chi connectivity index (χ3v) is 2.48. The highest BCUT2D eigenvalue weighted by molar-refractivity contribution is 14.0. The number of hydrogen-bond donors (Lipinski definition) is 2. The summed E-state index contributed by atoms with van der Waals surface area (Å²) in [5.41, 5.74) is 6.49. The molecule has 0 unspecified atom stereocenters. The Labute approximate surface area is 139 Å². The summed E-state index contributed by atoms with van der Waals surface area (Å²) in [7, 11) is 1.43. The maximum absolute atomic E-state index is 12.1. The van der Waals surface area contributed by atoms with Crippen molar-refractivity contribution in [1.29, 1.82) is 0 Å². The van der Waals surface area contributed by atoms with E-state index in [4.69, 9.17) is 5.73 Å². The third kappa shape index (κ3) is 10.4. The van der Waals surface area contributed by atoms with Crippen molar-refractivity contribution in [3.63, 3.8) is 0 Å². The van der Waals surface area contributed by atoms with E-state index in [1.165, 1.54) is 11.9 Å². The largest absolute Gasteiger partial charge is 0.401 e. The van der Waals surface area contributed by atoms with Crippen LogP contribution < -0.4 is 11.1 Å². The smallest absolute Gasteiger partial charge is 0.370 e. The average molecular weight is 416 g/mol. The van der Waals surface area contributed by atoms with Crippen LogP contribution in [0.5, 0.6) is 0 Å². The second kappa shape index (κ2) is 9.82. The molecule has 0 aliphatic rings. The molecule has 1 aromatic carbocycles. The Morgan fingerprint density at radius 3 is 2.48 bits per heavy atom. The zero-order chi connectivity index (χ0) is 15.0. The van der Waals surface area contributed by atoms with E-state index in [9.17, 15) is 13.2 Å². The Morgan fingerprint density at radius 2 is 1.90 bits per heavy atom. The van der Waals surface area contributed by atoms with Gasteiger partial charge in [0.25, 0.3) is 0 Å². The predicted octanol–water partition coefficient (Wildman–Crippen LogP) is 2.92. The third-order valence-electron chi connectivity index (χ3n) is 2.48. The first-order valence-corrected chi connectivity index (χ1v) is 6.24. The van der Waals surface area contributed by atoms with Gasteiger partial charge in [0.2, 0.25) is 0 Å². The van der Waals surface area contributed by atoms with Gasteiger partial charge < -0.3 is 11.1 Å². The molecule has 0 amide bonds. The van der Waals surface area contributed by atoms with Gasteiger partial charge in [0.15, 0.2) is 5.96 Å². The summed E-state index contributed by atoms with van der Waals surface area (Å²) in [4.78, 5) is 5.28. The molecule has 0 fully saturated rings. The zero-order valence-corrected chi connectivity index (χ0v) is 14.1. The highest BCUT2D eigenvalue weighted by Crippen LogP contribution is 2.15. The number of aliphatic imine (C=N–C) groups is 1. The van der Waals surface area contributed by atoms with E-state index in [-0.39, 0.29) is 29.9 Å². The molecule has 0 saturated heterocycles. The van der Waals surface area contributed by atoms with Gasteiger partial charge in [-0.15, -0.1) is 24.0 Å². The predicted molar refractivity (Wildman–Crippen MR) is 90.1 cm³/mol. The number of rotatable bonds is 6. The standard InChI is InChI=1S/C13H19F3N4.HI/c1-20(10-13(14,15)16)9-5-8-18-12(17)19-11-6-3-2-4-7-11;/h2-4,6-7H,5,8-10H2,1H3,(H3,17,18,19);1H. The van der Waals surface area contributed by atoms with E-state index in [1.807, 2.05) is 30.3 Å². The van der Waals surface area contributed by atoms with Crippen LogP contribution >= 0.6 is 24.0 Å². The van der Waals surface area contributed by atoms with Crippen LogP contribution in [0, 0.1) is 0 Å². The van der Waals surface area contributed by atoms with Crippen LogP contribution in [0.15, 0.2) is 35.3 Å². The molecule has 0 atom stereocenters. The number of nitrogens with zero attached hydrogens (tertiary/aromatic N) is 2. The first-order valence-electron chi connectivity index (χ1n) is 6.24. The number of anilines is 1. The van der Waals surface area contributed by atoms with Crippen LogP contribution in [0.25, 0.3) is 0 Å². The quantitative estimate of drug-likeness (QED) is 0.325. The minimum Gasteiger partial charge on any atom is -0.370 e. The fraction of sp³-hybridized carbons (Fsp3) is 0.462. The number of halogens is 4. The Bertz CT molecular complexity index is 423. The number of guanidine groups is 1. The number of alkyl halides is 3. The highest BCUT2D eigenvalue weighted by Gasteiger charge is 2.28. The minimum absolute atomic E-state index is 0. The van der Waals surface area contributed by atoms with Crippen molar-refractivity contribution >= 4 is 35.6 Å². The number of para-hydroxylation sites is 1. The molecule has 0 heterocycles. The normalized spacial score (nSPS) is 12.1. The number of benzene rings is 1. The highest BCUT2D eigenvalue weighted by atomic mass is 127. The second-order valence-electron chi connectivity index (χ2n) is 4.46. The average Bonchev–Trinajstić information content (AvgIpc) is 2.34. The van der Waals surface area contributed by atoms with E-state index in [0.29, 0.717) is 19.5 Å². The van der Waals surface area contributed by atoms with E-state index in [1.54, 1.807) is 0 Å². The summed E-state index contributed by atoms with van der Waals surface area (Å²) in [5.74, 6) is 0.259.